The number of halogens is 8. The lowest BCUT2D eigenvalue weighted by Gasteiger charge is -2.42. The van der Waals surface area contributed by atoms with Gasteiger partial charge in [0, 0.05) is 88.6 Å². The molecule has 8 aliphatic rings. The molecule has 3 N–H and O–H groups in total. The highest BCUT2D eigenvalue weighted by molar-refractivity contribution is 6.01. The van der Waals surface area contributed by atoms with E-state index in [4.69, 9.17) is 14.2 Å². The van der Waals surface area contributed by atoms with E-state index in [-0.39, 0.29) is 110 Å². The van der Waals surface area contributed by atoms with Crippen LogP contribution in [-0.2, 0) is 71.7 Å². The van der Waals surface area contributed by atoms with Gasteiger partial charge in [0.2, 0.25) is 70.9 Å². The lowest BCUT2D eigenvalue weighted by Crippen LogP contribution is -2.65. The molecule has 111 heavy (non-hydrogen) atoms. The van der Waals surface area contributed by atoms with E-state index in [0.717, 1.165) is 29.4 Å². The lowest BCUT2D eigenvalue weighted by atomic mass is 9.76. The second-order valence-corrected chi connectivity index (χ2v) is 32.4. The van der Waals surface area contributed by atoms with Gasteiger partial charge in [-0.2, -0.15) is 26.3 Å². The highest BCUT2D eigenvalue weighted by Crippen LogP contribution is 2.46. The van der Waals surface area contributed by atoms with E-state index in [9.17, 15) is 45.5 Å². The van der Waals surface area contributed by atoms with Crippen molar-refractivity contribution >= 4 is 70.9 Å². The number of amides is 12. The number of likely N-dealkylation sites (N-methyl/N-ethyl adjacent to an activating group) is 6. The van der Waals surface area contributed by atoms with Crippen LogP contribution in [-0.4, -0.2) is 315 Å². The number of ether oxygens (including phenoxy) is 3. The van der Waals surface area contributed by atoms with Crippen molar-refractivity contribution in [1.29, 1.82) is 0 Å². The zero-order valence-electron chi connectivity index (χ0n) is 66.0. The molecule has 4 aliphatic heterocycles. The Labute approximate surface area is 645 Å². The maximum absolute atomic E-state index is 15.8. The molecule has 4 saturated carbocycles. The van der Waals surface area contributed by atoms with Crippen molar-refractivity contribution < 1.29 is 107 Å². The molecule has 8 fully saturated rings. The molecule has 0 radical (unpaired) electrons. The van der Waals surface area contributed by atoms with Gasteiger partial charge in [-0.15, -0.1) is 0 Å². The molecular weight excluding hydrogens is 1470 g/mol. The number of alkyl halides is 8. The van der Waals surface area contributed by atoms with Crippen molar-refractivity contribution in [2.24, 2.45) is 35.5 Å². The van der Waals surface area contributed by atoms with Crippen LogP contribution in [0.25, 0.3) is 0 Å². The minimum atomic E-state index is -5.22. The highest BCUT2D eigenvalue weighted by Gasteiger charge is 2.56. The molecule has 1 spiro atoms. The van der Waals surface area contributed by atoms with Crippen LogP contribution in [0, 0.1) is 35.5 Å². The molecule has 27 nitrogen and oxygen atoms in total. The van der Waals surface area contributed by atoms with Gasteiger partial charge in [0.25, 0.3) is 0 Å². The maximum atomic E-state index is 15.8. The van der Waals surface area contributed by atoms with Crippen LogP contribution < -0.4 is 16.0 Å². The molecule has 4 heterocycles. The number of morpholine rings is 1. The van der Waals surface area contributed by atoms with Gasteiger partial charge in [-0.05, 0) is 127 Å². The summed E-state index contributed by atoms with van der Waals surface area (Å²) in [7, 11) is 9.25. The molecule has 8 rings (SSSR count). The number of fused-ring (bicyclic) bond motifs is 3. The fraction of sp³-hybridized carbons (Fsp3) is 0.842. The first-order valence-electron chi connectivity index (χ1n) is 39.8. The smallest absolute Gasteiger partial charge is 0.382 e. The molecule has 4 aliphatic carbocycles. The van der Waals surface area contributed by atoms with E-state index in [1.54, 1.807) is 20.8 Å². The summed E-state index contributed by atoms with van der Waals surface area (Å²) < 4.78 is 133. The molecule has 2 unspecified atom stereocenters. The van der Waals surface area contributed by atoms with Crippen LogP contribution >= 0.6 is 0 Å². The molecule has 0 aromatic rings. The maximum Gasteiger partial charge on any atom is 0.397 e. The summed E-state index contributed by atoms with van der Waals surface area (Å²) in [5, 5.41) is 8.43. The number of carbonyl (C=O) groups excluding carboxylic acids is 12. The van der Waals surface area contributed by atoms with Crippen LogP contribution in [0.4, 0.5) is 35.1 Å². The summed E-state index contributed by atoms with van der Waals surface area (Å²) in [5.41, 5.74) is -1.74. The van der Waals surface area contributed by atoms with Gasteiger partial charge in [0.05, 0.1) is 51.4 Å². The Balaban J connectivity index is 1.21. The number of methoxy groups -OCH3 is 1. The topological polar surface area (TPSA) is 298 Å². The summed E-state index contributed by atoms with van der Waals surface area (Å²) in [5.74, 6) is -17.0. The van der Waals surface area contributed by atoms with Crippen LogP contribution in [0.5, 0.6) is 0 Å². The van der Waals surface area contributed by atoms with E-state index >= 15 is 47.1 Å². The Kier molecular flexibility index (Phi) is 31.7. The van der Waals surface area contributed by atoms with E-state index in [1.807, 2.05) is 0 Å². The second kappa shape index (κ2) is 39.3. The number of hydrogen-bond donors (Lipinski definition) is 3. The standard InChI is InChI=1S/C76H118F8N12O15/c1-11-45(3)63-71(106)89(5)43-61(99)90(6)54-22-14-13-19-31-95(70(54)105)57(38-46-23-26-49(27-24-46)75(79,80)81)68(103)88(4)42-59(97)85-53(28-25-47-36-51(77)62(52(78)37-47)76(82,83)84)67(102)96-41-50(111-12-2)39-55(96)66(101)87-74(29-17-18-30-74)73(108)93(9)64(48-20-15-16-21-48)72(107)92(8)56(69(104)94-32-34-110-35-33-94)40-60(98)91(7)58(44-109-10)65(100)86-63/h45-58,62-64H,11-44H2,1-10H3,(H,85,97)(H,86,100)(H,87,101)/t45-,46?,47?,49?,50+,51?,52?,53-,54-,55-,56-,57-,58-,62?,63-,64-/m0/s1. The predicted molar refractivity (Wildman–Crippen MR) is 387 cm³/mol. The number of nitrogens with one attached hydrogen (secondary N) is 3. The normalized spacial score (nSPS) is 32.2. The Morgan fingerprint density at radius 3 is 1.82 bits per heavy atom. The molecule has 0 aromatic heterocycles. The summed E-state index contributed by atoms with van der Waals surface area (Å²) in [4.78, 5) is 193. The number of carbonyl (C=O) groups is 12. The zero-order valence-corrected chi connectivity index (χ0v) is 66.0. The molecule has 12 atom stereocenters. The quantitative estimate of drug-likeness (QED) is 0.196. The molecule has 12 amide bonds. The SMILES string of the molecule is CCO[C@@H]1C[C@H]2C(=O)NC3(CCCC3)C(=O)N(C)[C@@H](C3CCCC3)C(=O)N(C)[C@H](C(=O)N3CCOCC3)CC(=O)N(C)[C@@H](COC)C(=O)N[C@@H]([C@@H](C)CC)C(=O)N(C)CC(=O)N(C)[C@H]3CCCCCN(C3=O)[C@@H](CC3CCC(C(F)(F)F)CC3)C(=O)N(C)CC(=O)N[C@@H](CCC3CC(F)C(C(F)(F)F)C(F)C3)C(=O)N2C1. The van der Waals surface area contributed by atoms with Gasteiger partial charge in [0.1, 0.15) is 72.1 Å². The van der Waals surface area contributed by atoms with E-state index in [2.05, 4.69) is 16.0 Å². The highest BCUT2D eigenvalue weighted by atomic mass is 19.4. The summed E-state index contributed by atoms with van der Waals surface area (Å²) in [6.45, 7) is 3.29. The monoisotopic (exact) mass is 1590 g/mol. The van der Waals surface area contributed by atoms with Crippen LogP contribution in [0.2, 0.25) is 0 Å². The van der Waals surface area contributed by atoms with Gasteiger partial charge in [-0.1, -0.05) is 58.8 Å². The summed E-state index contributed by atoms with van der Waals surface area (Å²) >= 11 is 0. The fourth-order valence-corrected chi connectivity index (χ4v) is 18.1. The van der Waals surface area contributed by atoms with Gasteiger partial charge in [-0.3, -0.25) is 57.5 Å². The van der Waals surface area contributed by atoms with Crippen molar-refractivity contribution in [2.75, 3.05) is 115 Å². The summed E-state index contributed by atoms with van der Waals surface area (Å²) in [6.07, 6.45) is -15.1. The Morgan fingerprint density at radius 1 is 0.604 bits per heavy atom. The third-order valence-corrected chi connectivity index (χ3v) is 25.0. The van der Waals surface area contributed by atoms with E-state index in [0.29, 0.717) is 64.2 Å². The largest absolute Gasteiger partial charge is 0.397 e. The van der Waals surface area contributed by atoms with Crippen LogP contribution in [0.3, 0.4) is 0 Å². The zero-order chi connectivity index (χ0) is 81.7. The average molecular weight is 1590 g/mol. The Hall–Kier alpha value is -7.04. The van der Waals surface area contributed by atoms with Crippen molar-refractivity contribution in [2.45, 2.75) is 260 Å². The Morgan fingerprint density at radius 2 is 1.23 bits per heavy atom. The molecule has 4 saturated heterocycles. The third-order valence-electron chi connectivity index (χ3n) is 25.0. The van der Waals surface area contributed by atoms with Crippen LogP contribution in [0.15, 0.2) is 0 Å². The number of rotatable bonds is 13. The fourth-order valence-electron chi connectivity index (χ4n) is 18.1. The Bertz CT molecular complexity index is 3250. The molecule has 0 aromatic carbocycles. The minimum absolute atomic E-state index is 0.00230. The average Bonchev–Trinajstić information content (AvgIpc) is 1.72. The van der Waals surface area contributed by atoms with Crippen LogP contribution in [0.1, 0.15) is 175 Å². The molecule has 35 heteroatoms. The third kappa shape index (κ3) is 21.9. The van der Waals surface area contributed by atoms with Gasteiger partial charge >= 0.3 is 12.4 Å². The molecule has 2 bridgehead atoms. The molecular formula is C76H118F8N12O15. The van der Waals surface area contributed by atoms with Crippen molar-refractivity contribution in [3.63, 3.8) is 0 Å². The summed E-state index contributed by atoms with van der Waals surface area (Å²) in [6, 6.07) is -11.6. The number of nitrogens with zero attached hydrogens (tertiary/aromatic N) is 9. The first kappa shape index (κ1) is 89.5. The van der Waals surface area contributed by atoms with Crippen molar-refractivity contribution in [1.82, 2.24) is 60.0 Å². The minimum Gasteiger partial charge on any atom is -0.382 e. The van der Waals surface area contributed by atoms with Gasteiger partial charge in [0.15, 0.2) is 0 Å². The lowest BCUT2D eigenvalue weighted by molar-refractivity contribution is -0.219. The van der Waals surface area contributed by atoms with Gasteiger partial charge in [-0.25, -0.2) is 8.78 Å². The van der Waals surface area contributed by atoms with E-state index < -0.39 is 236 Å². The van der Waals surface area contributed by atoms with Gasteiger partial charge < -0.3 is 74.3 Å². The van der Waals surface area contributed by atoms with E-state index in [1.165, 1.54) is 64.1 Å². The van der Waals surface area contributed by atoms with Crippen molar-refractivity contribution in [3.8, 4) is 0 Å². The first-order chi connectivity index (χ1) is 52.4. The second-order valence-electron chi connectivity index (χ2n) is 32.4. The van der Waals surface area contributed by atoms with Crippen molar-refractivity contribution in [3.05, 3.63) is 0 Å². The predicted octanol–water partition coefficient (Wildman–Crippen LogP) is 5.34. The molecule has 628 valence electrons. The number of hydrogen-bond acceptors (Lipinski definition) is 15. The first-order valence-corrected chi connectivity index (χ1v) is 39.8.